The zero-order valence-corrected chi connectivity index (χ0v) is 11.0. The first-order valence-electron chi connectivity index (χ1n) is 6.57. The van der Waals surface area contributed by atoms with Gasteiger partial charge in [0.25, 0.3) is 0 Å². The van der Waals surface area contributed by atoms with Gasteiger partial charge in [0.15, 0.2) is 0 Å². The van der Waals surface area contributed by atoms with E-state index in [-0.39, 0.29) is 6.04 Å². The van der Waals surface area contributed by atoms with Crippen LogP contribution in [0.3, 0.4) is 0 Å². The molecule has 1 aliphatic rings. The van der Waals surface area contributed by atoms with Crippen LogP contribution in [0.2, 0.25) is 0 Å². The molecule has 18 heavy (non-hydrogen) atoms. The molecule has 0 radical (unpaired) electrons. The third kappa shape index (κ3) is 2.72. The molecular weight excluding hydrogens is 230 g/mol. The van der Waals surface area contributed by atoms with Crippen LogP contribution in [0.1, 0.15) is 32.4 Å². The van der Waals surface area contributed by atoms with Crippen molar-refractivity contribution >= 4 is 5.97 Å². The summed E-state index contributed by atoms with van der Waals surface area (Å²) in [6.45, 7) is 6.60. The van der Waals surface area contributed by atoms with Crippen molar-refractivity contribution in [1.29, 1.82) is 0 Å². The van der Waals surface area contributed by atoms with Crippen molar-refractivity contribution in [3.05, 3.63) is 18.2 Å². The van der Waals surface area contributed by atoms with Gasteiger partial charge in [-0.15, -0.1) is 0 Å². The SMILES string of the molecule is CCn1cncc1CN1CCC(C)CC1C(=O)O. The van der Waals surface area contributed by atoms with E-state index in [9.17, 15) is 9.90 Å². The van der Waals surface area contributed by atoms with Crippen LogP contribution in [0.25, 0.3) is 0 Å². The summed E-state index contributed by atoms with van der Waals surface area (Å²) in [6, 6.07) is -0.353. The Morgan fingerprint density at radius 1 is 1.61 bits per heavy atom. The fourth-order valence-corrected chi connectivity index (χ4v) is 2.61. The highest BCUT2D eigenvalue weighted by atomic mass is 16.4. The Labute approximate surface area is 107 Å². The number of likely N-dealkylation sites (tertiary alicyclic amines) is 1. The van der Waals surface area contributed by atoms with Crippen molar-refractivity contribution in [1.82, 2.24) is 14.5 Å². The van der Waals surface area contributed by atoms with Crippen LogP contribution in [0, 0.1) is 5.92 Å². The zero-order valence-electron chi connectivity index (χ0n) is 11.0. The summed E-state index contributed by atoms with van der Waals surface area (Å²) in [5.41, 5.74) is 1.10. The smallest absolute Gasteiger partial charge is 0.320 e. The standard InChI is InChI=1S/C13H21N3O2/c1-3-15-9-14-7-11(15)8-16-5-4-10(2)6-12(16)13(17)18/h7,9-10,12H,3-6,8H2,1-2H3,(H,17,18). The largest absolute Gasteiger partial charge is 0.480 e. The molecule has 0 aliphatic carbocycles. The minimum Gasteiger partial charge on any atom is -0.480 e. The average molecular weight is 251 g/mol. The number of aryl methyl sites for hydroxylation is 1. The van der Waals surface area contributed by atoms with Gasteiger partial charge < -0.3 is 9.67 Å². The number of rotatable bonds is 4. The van der Waals surface area contributed by atoms with Gasteiger partial charge in [-0.25, -0.2) is 4.98 Å². The van der Waals surface area contributed by atoms with Crippen LogP contribution in [-0.4, -0.2) is 38.1 Å². The molecule has 0 amide bonds. The molecule has 2 rings (SSSR count). The molecule has 1 aromatic rings. The van der Waals surface area contributed by atoms with Crippen LogP contribution in [-0.2, 0) is 17.9 Å². The van der Waals surface area contributed by atoms with E-state index >= 15 is 0 Å². The lowest BCUT2D eigenvalue weighted by Crippen LogP contribution is -2.46. The number of carboxylic acids is 1. The highest BCUT2D eigenvalue weighted by molar-refractivity contribution is 5.73. The second-order valence-corrected chi connectivity index (χ2v) is 5.13. The second-order valence-electron chi connectivity index (χ2n) is 5.13. The molecule has 1 saturated heterocycles. The number of piperidine rings is 1. The number of carbonyl (C=O) groups is 1. The first-order valence-corrected chi connectivity index (χ1v) is 6.57. The van der Waals surface area contributed by atoms with Gasteiger partial charge in [-0.1, -0.05) is 6.92 Å². The molecule has 100 valence electrons. The highest BCUT2D eigenvalue weighted by Gasteiger charge is 2.31. The van der Waals surface area contributed by atoms with Crippen LogP contribution in [0.15, 0.2) is 12.5 Å². The molecule has 0 saturated carbocycles. The normalized spacial score (nSPS) is 25.2. The van der Waals surface area contributed by atoms with Gasteiger partial charge in [0.2, 0.25) is 0 Å². The lowest BCUT2D eigenvalue weighted by atomic mass is 9.92. The van der Waals surface area contributed by atoms with Crippen molar-refractivity contribution in [2.75, 3.05) is 6.54 Å². The summed E-state index contributed by atoms with van der Waals surface area (Å²) >= 11 is 0. The zero-order chi connectivity index (χ0) is 13.1. The Kier molecular flexibility index (Phi) is 4.01. The Balaban J connectivity index is 2.09. The van der Waals surface area contributed by atoms with Gasteiger partial charge in [-0.2, -0.15) is 0 Å². The fourth-order valence-electron chi connectivity index (χ4n) is 2.61. The second kappa shape index (κ2) is 5.52. The molecular formula is C13H21N3O2. The topological polar surface area (TPSA) is 58.4 Å². The van der Waals surface area contributed by atoms with E-state index in [1.54, 1.807) is 6.33 Å². The number of nitrogens with zero attached hydrogens (tertiary/aromatic N) is 3. The Bertz CT molecular complexity index is 416. The molecule has 1 aliphatic heterocycles. The van der Waals surface area contributed by atoms with E-state index in [2.05, 4.69) is 28.3 Å². The molecule has 1 fully saturated rings. The van der Waals surface area contributed by atoms with Gasteiger partial charge in [0.05, 0.1) is 12.0 Å². The van der Waals surface area contributed by atoms with Crippen LogP contribution >= 0.6 is 0 Å². The molecule has 0 bridgehead atoms. The number of aromatic nitrogens is 2. The number of imidazole rings is 1. The summed E-state index contributed by atoms with van der Waals surface area (Å²) in [5.74, 6) is -0.206. The van der Waals surface area contributed by atoms with Gasteiger partial charge in [0, 0.05) is 19.3 Å². The van der Waals surface area contributed by atoms with Gasteiger partial charge in [0.1, 0.15) is 6.04 Å². The Morgan fingerprint density at radius 3 is 3.06 bits per heavy atom. The number of hydrogen-bond donors (Lipinski definition) is 1. The minimum atomic E-state index is -0.705. The summed E-state index contributed by atoms with van der Waals surface area (Å²) in [7, 11) is 0. The van der Waals surface area contributed by atoms with Gasteiger partial charge in [-0.05, 0) is 32.2 Å². The van der Waals surface area contributed by atoms with E-state index in [0.29, 0.717) is 12.5 Å². The average Bonchev–Trinajstić information content (AvgIpc) is 2.78. The lowest BCUT2D eigenvalue weighted by Gasteiger charge is -2.35. The summed E-state index contributed by atoms with van der Waals surface area (Å²) in [4.78, 5) is 17.5. The molecule has 2 heterocycles. The van der Waals surface area contributed by atoms with Crippen molar-refractivity contribution in [3.8, 4) is 0 Å². The molecule has 0 spiro atoms. The predicted octanol–water partition coefficient (Wildman–Crippen LogP) is 1.59. The van der Waals surface area contributed by atoms with E-state index < -0.39 is 5.97 Å². The molecule has 1 N–H and O–H groups in total. The van der Waals surface area contributed by atoms with Crippen molar-refractivity contribution in [3.63, 3.8) is 0 Å². The molecule has 1 aromatic heterocycles. The molecule has 0 aromatic carbocycles. The van der Waals surface area contributed by atoms with Crippen molar-refractivity contribution in [2.24, 2.45) is 5.92 Å². The van der Waals surface area contributed by atoms with Crippen molar-refractivity contribution < 1.29 is 9.90 Å². The fraction of sp³-hybridized carbons (Fsp3) is 0.692. The highest BCUT2D eigenvalue weighted by Crippen LogP contribution is 2.24. The van der Waals surface area contributed by atoms with Crippen LogP contribution in [0.4, 0.5) is 0 Å². The van der Waals surface area contributed by atoms with Crippen LogP contribution in [0.5, 0.6) is 0 Å². The molecule has 2 unspecified atom stereocenters. The number of aliphatic carboxylic acids is 1. The first-order chi connectivity index (χ1) is 8.61. The molecule has 5 nitrogen and oxygen atoms in total. The van der Waals surface area contributed by atoms with E-state index in [1.165, 1.54) is 0 Å². The first kappa shape index (κ1) is 13.1. The van der Waals surface area contributed by atoms with E-state index in [1.807, 2.05) is 6.20 Å². The Morgan fingerprint density at radius 2 is 2.39 bits per heavy atom. The van der Waals surface area contributed by atoms with E-state index in [0.717, 1.165) is 31.6 Å². The quantitative estimate of drug-likeness (QED) is 0.883. The Hall–Kier alpha value is -1.36. The summed E-state index contributed by atoms with van der Waals surface area (Å²) in [6.07, 6.45) is 5.46. The molecule has 2 atom stereocenters. The van der Waals surface area contributed by atoms with Gasteiger partial charge >= 0.3 is 5.97 Å². The number of carboxylic acid groups (broad SMARTS) is 1. The monoisotopic (exact) mass is 251 g/mol. The van der Waals surface area contributed by atoms with Crippen molar-refractivity contribution in [2.45, 2.75) is 45.8 Å². The maximum absolute atomic E-state index is 11.3. The number of hydrogen-bond acceptors (Lipinski definition) is 3. The third-order valence-electron chi connectivity index (χ3n) is 3.76. The predicted molar refractivity (Wildman–Crippen MR) is 68.1 cm³/mol. The lowest BCUT2D eigenvalue weighted by molar-refractivity contribution is -0.145. The van der Waals surface area contributed by atoms with Crippen LogP contribution < -0.4 is 0 Å². The maximum Gasteiger partial charge on any atom is 0.320 e. The summed E-state index contributed by atoms with van der Waals surface area (Å²) in [5, 5.41) is 9.32. The minimum absolute atomic E-state index is 0.353. The van der Waals surface area contributed by atoms with Gasteiger partial charge in [-0.3, -0.25) is 9.69 Å². The maximum atomic E-state index is 11.3. The van der Waals surface area contributed by atoms with E-state index in [4.69, 9.17) is 0 Å². The summed E-state index contributed by atoms with van der Waals surface area (Å²) < 4.78 is 2.07. The molecule has 5 heteroatoms. The third-order valence-corrected chi connectivity index (χ3v) is 3.76.